The standard InChI is InChI=1S/C21H36O5/c1-13(11-17(23)26-6)9-10-21(25)14(2)7-8-16-19(3,4)18(24)15(22)12-20(16,21)5/h11,14-16,18,22,24-25H,7-10,12H2,1-6H3/b13-11+/t14-,15-,16+,18-,20+,21+/m1/s1. The Morgan fingerprint density at radius 2 is 1.85 bits per heavy atom. The average Bonchev–Trinajstić information content (AvgIpc) is 2.56. The fraction of sp³-hybridized carbons (Fsp3) is 0.857. The Kier molecular flexibility index (Phi) is 5.96. The van der Waals surface area contributed by atoms with Gasteiger partial charge in [-0.15, -0.1) is 0 Å². The molecule has 5 heteroatoms. The summed E-state index contributed by atoms with van der Waals surface area (Å²) < 4.78 is 4.68. The Morgan fingerprint density at radius 3 is 2.42 bits per heavy atom. The number of methoxy groups -OCH3 is 1. The van der Waals surface area contributed by atoms with Gasteiger partial charge in [0.05, 0.1) is 24.9 Å². The van der Waals surface area contributed by atoms with Crippen LogP contribution in [0.1, 0.15) is 66.7 Å². The molecule has 26 heavy (non-hydrogen) atoms. The van der Waals surface area contributed by atoms with Gasteiger partial charge in [0.1, 0.15) is 0 Å². The van der Waals surface area contributed by atoms with E-state index in [1.807, 2.05) is 20.8 Å². The second-order valence-electron chi connectivity index (χ2n) is 9.42. The molecule has 0 bridgehead atoms. The Labute approximate surface area is 157 Å². The highest BCUT2D eigenvalue weighted by atomic mass is 16.5. The van der Waals surface area contributed by atoms with Crippen LogP contribution in [0, 0.1) is 22.7 Å². The highest BCUT2D eigenvalue weighted by molar-refractivity contribution is 5.82. The quantitative estimate of drug-likeness (QED) is 0.525. The predicted molar refractivity (Wildman–Crippen MR) is 100 cm³/mol. The van der Waals surface area contributed by atoms with Crippen molar-refractivity contribution in [3.63, 3.8) is 0 Å². The van der Waals surface area contributed by atoms with Crippen molar-refractivity contribution in [2.75, 3.05) is 7.11 Å². The lowest BCUT2D eigenvalue weighted by Gasteiger charge is -2.65. The summed E-state index contributed by atoms with van der Waals surface area (Å²) in [6, 6.07) is 0. The van der Waals surface area contributed by atoms with Crippen molar-refractivity contribution in [3.8, 4) is 0 Å². The summed E-state index contributed by atoms with van der Waals surface area (Å²) in [7, 11) is 1.35. The van der Waals surface area contributed by atoms with Crippen LogP contribution in [0.4, 0.5) is 0 Å². The molecule has 2 saturated carbocycles. The van der Waals surface area contributed by atoms with Crippen molar-refractivity contribution in [1.29, 1.82) is 0 Å². The number of hydrogen-bond acceptors (Lipinski definition) is 5. The summed E-state index contributed by atoms with van der Waals surface area (Å²) in [4.78, 5) is 11.5. The van der Waals surface area contributed by atoms with Crippen LogP contribution >= 0.6 is 0 Å². The van der Waals surface area contributed by atoms with E-state index in [0.29, 0.717) is 19.3 Å². The summed E-state index contributed by atoms with van der Waals surface area (Å²) in [6.07, 6.45) is 3.20. The molecule has 3 N–H and O–H groups in total. The lowest BCUT2D eigenvalue weighted by Crippen LogP contribution is -2.67. The monoisotopic (exact) mass is 368 g/mol. The molecule has 2 aliphatic carbocycles. The van der Waals surface area contributed by atoms with Crippen LogP contribution in [0.2, 0.25) is 0 Å². The van der Waals surface area contributed by atoms with Gasteiger partial charge in [0.25, 0.3) is 0 Å². The number of hydrogen-bond donors (Lipinski definition) is 3. The van der Waals surface area contributed by atoms with E-state index in [1.165, 1.54) is 13.2 Å². The number of aliphatic hydroxyl groups is 3. The molecule has 0 heterocycles. The number of allylic oxidation sites excluding steroid dienone is 1. The minimum absolute atomic E-state index is 0.0907. The number of ether oxygens (including phenoxy) is 1. The maximum atomic E-state index is 11.8. The molecule has 0 aromatic carbocycles. The van der Waals surface area contributed by atoms with Crippen LogP contribution in [0.3, 0.4) is 0 Å². The second-order valence-corrected chi connectivity index (χ2v) is 9.42. The molecule has 5 nitrogen and oxygen atoms in total. The summed E-state index contributed by atoms with van der Waals surface area (Å²) in [5.74, 6) is -0.167. The van der Waals surface area contributed by atoms with Gasteiger partial charge in [-0.25, -0.2) is 4.79 Å². The number of carbonyl (C=O) groups excluding carboxylic acids is 1. The fourth-order valence-corrected chi connectivity index (χ4v) is 5.85. The molecular formula is C21H36O5. The van der Waals surface area contributed by atoms with E-state index in [0.717, 1.165) is 18.4 Å². The molecular weight excluding hydrogens is 332 g/mol. The fourth-order valence-electron chi connectivity index (χ4n) is 5.85. The van der Waals surface area contributed by atoms with Crippen LogP contribution < -0.4 is 0 Å². The number of fused-ring (bicyclic) bond motifs is 1. The summed E-state index contributed by atoms with van der Waals surface area (Å²) >= 11 is 0. The number of carbonyl (C=O) groups is 1. The SMILES string of the molecule is COC(=O)/C=C(\C)CC[C@]1(O)[C@H](C)CC[C@H]2C(C)(C)[C@H](O)[C@H](O)C[C@@]21C. The zero-order valence-electron chi connectivity index (χ0n) is 17.1. The first-order valence-corrected chi connectivity index (χ1v) is 9.73. The third kappa shape index (κ3) is 3.34. The van der Waals surface area contributed by atoms with Gasteiger partial charge in [0, 0.05) is 11.5 Å². The maximum absolute atomic E-state index is 11.8. The van der Waals surface area contributed by atoms with Crippen molar-refractivity contribution in [2.45, 2.75) is 84.5 Å². The summed E-state index contributed by atoms with van der Waals surface area (Å²) in [5, 5.41) is 32.9. The normalized spacial score (nSPS) is 42.9. The molecule has 0 radical (unpaired) electrons. The predicted octanol–water partition coefficient (Wildman–Crippen LogP) is 2.82. The maximum Gasteiger partial charge on any atom is 0.330 e. The highest BCUT2D eigenvalue weighted by Crippen LogP contribution is 2.63. The number of rotatable bonds is 4. The van der Waals surface area contributed by atoms with Crippen molar-refractivity contribution in [1.82, 2.24) is 0 Å². The number of esters is 1. The zero-order chi connectivity index (χ0) is 19.9. The number of aliphatic hydroxyl groups excluding tert-OH is 2. The Balaban J connectivity index is 2.33. The molecule has 0 aliphatic heterocycles. The van der Waals surface area contributed by atoms with Crippen LogP contribution in [-0.2, 0) is 9.53 Å². The smallest absolute Gasteiger partial charge is 0.330 e. The van der Waals surface area contributed by atoms with Gasteiger partial charge >= 0.3 is 5.97 Å². The topological polar surface area (TPSA) is 87.0 Å². The molecule has 0 amide bonds. The van der Waals surface area contributed by atoms with Crippen molar-refractivity contribution < 1.29 is 24.9 Å². The lowest BCUT2D eigenvalue weighted by atomic mass is 9.43. The molecule has 2 rings (SSSR count). The third-order valence-electron chi connectivity index (χ3n) is 7.59. The van der Waals surface area contributed by atoms with Gasteiger partial charge in [0.2, 0.25) is 0 Å². The van der Waals surface area contributed by atoms with Gasteiger partial charge in [0.15, 0.2) is 0 Å². The van der Waals surface area contributed by atoms with Gasteiger partial charge in [-0.1, -0.05) is 33.3 Å². The minimum atomic E-state index is -0.959. The first-order valence-electron chi connectivity index (χ1n) is 9.73. The Morgan fingerprint density at radius 1 is 1.23 bits per heavy atom. The van der Waals surface area contributed by atoms with E-state index < -0.39 is 28.6 Å². The van der Waals surface area contributed by atoms with Crippen molar-refractivity contribution >= 4 is 5.97 Å². The van der Waals surface area contributed by atoms with Crippen LogP contribution in [0.5, 0.6) is 0 Å². The molecule has 0 aromatic rings. The Bertz CT molecular complexity index is 569. The Hall–Kier alpha value is -0.910. The first kappa shape index (κ1) is 21.4. The second kappa shape index (κ2) is 7.25. The average molecular weight is 369 g/mol. The van der Waals surface area contributed by atoms with E-state index >= 15 is 0 Å². The van der Waals surface area contributed by atoms with Gasteiger partial charge in [-0.05, 0) is 56.3 Å². The minimum Gasteiger partial charge on any atom is -0.466 e. The molecule has 2 fully saturated rings. The molecule has 0 aromatic heterocycles. The van der Waals surface area contributed by atoms with Crippen molar-refractivity contribution in [2.24, 2.45) is 22.7 Å². The van der Waals surface area contributed by atoms with Crippen LogP contribution in [0.25, 0.3) is 0 Å². The zero-order valence-corrected chi connectivity index (χ0v) is 17.1. The van der Waals surface area contributed by atoms with E-state index in [-0.39, 0.29) is 17.8 Å². The summed E-state index contributed by atoms with van der Waals surface area (Å²) in [5.41, 5.74) is -1.03. The van der Waals surface area contributed by atoms with Crippen LogP contribution in [0.15, 0.2) is 11.6 Å². The third-order valence-corrected chi connectivity index (χ3v) is 7.59. The molecule has 0 unspecified atom stereocenters. The summed E-state index contributed by atoms with van der Waals surface area (Å²) in [6.45, 7) is 10.0. The van der Waals surface area contributed by atoms with Gasteiger partial charge in [-0.2, -0.15) is 0 Å². The van der Waals surface area contributed by atoms with Gasteiger partial charge < -0.3 is 20.1 Å². The first-order chi connectivity index (χ1) is 11.9. The lowest BCUT2D eigenvalue weighted by molar-refractivity contribution is -0.256. The van der Waals surface area contributed by atoms with E-state index in [9.17, 15) is 20.1 Å². The van der Waals surface area contributed by atoms with Crippen molar-refractivity contribution in [3.05, 3.63) is 11.6 Å². The molecule has 6 atom stereocenters. The molecule has 0 spiro atoms. The van der Waals surface area contributed by atoms with Crippen LogP contribution in [-0.4, -0.2) is 46.2 Å². The van der Waals surface area contributed by atoms with E-state index in [2.05, 4.69) is 18.6 Å². The van der Waals surface area contributed by atoms with Gasteiger partial charge in [-0.3, -0.25) is 0 Å². The largest absolute Gasteiger partial charge is 0.466 e. The van der Waals surface area contributed by atoms with E-state index in [1.54, 1.807) is 0 Å². The van der Waals surface area contributed by atoms with E-state index in [4.69, 9.17) is 0 Å². The molecule has 2 aliphatic rings. The molecule has 150 valence electrons. The molecule has 0 saturated heterocycles. The highest BCUT2D eigenvalue weighted by Gasteiger charge is 2.64.